The molecule has 2 aromatic rings. The van der Waals surface area contributed by atoms with Crippen molar-refractivity contribution in [1.82, 2.24) is 14.9 Å². The van der Waals surface area contributed by atoms with Crippen LogP contribution in [0.1, 0.15) is 36.9 Å². The van der Waals surface area contributed by atoms with Crippen LogP contribution in [0.25, 0.3) is 11.4 Å². The first-order valence-electron chi connectivity index (χ1n) is 9.78. The van der Waals surface area contributed by atoms with Gasteiger partial charge in [0.25, 0.3) is 0 Å². The van der Waals surface area contributed by atoms with Gasteiger partial charge in [0.2, 0.25) is 5.91 Å². The molecule has 26 heavy (non-hydrogen) atoms. The van der Waals surface area contributed by atoms with Crippen LogP contribution in [0.15, 0.2) is 30.3 Å². The van der Waals surface area contributed by atoms with Crippen molar-refractivity contribution < 1.29 is 4.79 Å². The summed E-state index contributed by atoms with van der Waals surface area (Å²) in [6.45, 7) is 3.56. The molecule has 1 saturated heterocycles. The molecule has 0 N–H and O–H groups in total. The molecule has 0 unspecified atom stereocenters. The third kappa shape index (κ3) is 2.85. The van der Waals surface area contributed by atoms with E-state index in [0.717, 1.165) is 61.8 Å². The first-order valence-corrected chi connectivity index (χ1v) is 9.78. The summed E-state index contributed by atoms with van der Waals surface area (Å²) in [5.74, 6) is 2.47. The van der Waals surface area contributed by atoms with Gasteiger partial charge in [-0.3, -0.25) is 4.79 Å². The van der Waals surface area contributed by atoms with Crippen molar-refractivity contribution in [2.24, 2.45) is 5.92 Å². The minimum atomic E-state index is 0.274. The fraction of sp³-hybridized carbons (Fsp3) is 0.476. The Kier molecular flexibility index (Phi) is 3.88. The lowest BCUT2D eigenvalue weighted by Gasteiger charge is -2.32. The molecule has 1 aromatic heterocycles. The average molecular weight is 348 g/mol. The zero-order valence-corrected chi connectivity index (χ0v) is 15.0. The van der Waals surface area contributed by atoms with Crippen LogP contribution in [0.2, 0.25) is 0 Å². The van der Waals surface area contributed by atoms with E-state index < -0.39 is 0 Å². The van der Waals surface area contributed by atoms with E-state index in [1.165, 1.54) is 18.4 Å². The fourth-order valence-corrected chi connectivity index (χ4v) is 4.08. The van der Waals surface area contributed by atoms with Gasteiger partial charge in [0.1, 0.15) is 5.82 Å². The predicted octanol–water partition coefficient (Wildman–Crippen LogP) is 3.04. The van der Waals surface area contributed by atoms with Crippen molar-refractivity contribution in [3.63, 3.8) is 0 Å². The molecule has 1 aromatic carbocycles. The van der Waals surface area contributed by atoms with E-state index in [1.54, 1.807) is 0 Å². The summed E-state index contributed by atoms with van der Waals surface area (Å²) in [6, 6.07) is 10.2. The highest BCUT2D eigenvalue weighted by Gasteiger charge is 2.36. The second-order valence-electron chi connectivity index (χ2n) is 7.64. The largest absolute Gasteiger partial charge is 0.356 e. The van der Waals surface area contributed by atoms with Gasteiger partial charge >= 0.3 is 0 Å². The highest BCUT2D eigenvalue weighted by molar-refractivity contribution is 5.81. The second kappa shape index (κ2) is 6.38. The number of aromatic nitrogens is 2. The van der Waals surface area contributed by atoms with Crippen molar-refractivity contribution in [3.05, 3.63) is 41.6 Å². The molecule has 1 aliphatic carbocycles. The lowest BCUT2D eigenvalue weighted by Crippen LogP contribution is -2.38. The van der Waals surface area contributed by atoms with E-state index in [0.29, 0.717) is 12.5 Å². The van der Waals surface area contributed by atoms with Crippen molar-refractivity contribution in [3.8, 4) is 11.4 Å². The number of carbonyl (C=O) groups excluding carboxylic acids is 1. The number of hydrogen-bond acceptors (Lipinski definition) is 4. The number of anilines is 1. The molecule has 2 fully saturated rings. The van der Waals surface area contributed by atoms with Crippen molar-refractivity contribution in [1.29, 1.82) is 0 Å². The Balaban J connectivity index is 1.55. The lowest BCUT2D eigenvalue weighted by atomic mass is 10.0. The monoisotopic (exact) mass is 348 g/mol. The maximum absolute atomic E-state index is 12.6. The van der Waals surface area contributed by atoms with Gasteiger partial charge in [0.15, 0.2) is 5.82 Å². The Morgan fingerprint density at radius 2 is 1.77 bits per heavy atom. The number of nitrogens with zero attached hydrogens (tertiary/aromatic N) is 4. The minimum Gasteiger partial charge on any atom is -0.356 e. The molecule has 0 spiro atoms. The maximum atomic E-state index is 12.6. The van der Waals surface area contributed by atoms with Gasteiger partial charge in [0, 0.05) is 43.1 Å². The highest BCUT2D eigenvalue weighted by Crippen LogP contribution is 2.35. The molecule has 134 valence electrons. The summed E-state index contributed by atoms with van der Waals surface area (Å²) in [5.41, 5.74) is 3.36. The quantitative estimate of drug-likeness (QED) is 0.855. The number of rotatable bonds is 3. The van der Waals surface area contributed by atoms with E-state index in [2.05, 4.69) is 17.0 Å². The van der Waals surface area contributed by atoms with Gasteiger partial charge in [-0.15, -0.1) is 0 Å². The molecule has 5 rings (SSSR count). The van der Waals surface area contributed by atoms with E-state index in [4.69, 9.17) is 9.97 Å². The number of carbonyl (C=O) groups is 1. The van der Waals surface area contributed by atoms with Crippen LogP contribution in [0, 0.1) is 5.92 Å². The molecule has 5 heteroatoms. The van der Waals surface area contributed by atoms with Crippen LogP contribution in [0.3, 0.4) is 0 Å². The van der Waals surface area contributed by atoms with Crippen LogP contribution in [0.5, 0.6) is 0 Å². The van der Waals surface area contributed by atoms with Gasteiger partial charge in [-0.05, 0) is 25.7 Å². The molecule has 0 bridgehead atoms. The molecule has 3 aliphatic rings. The van der Waals surface area contributed by atoms with Gasteiger partial charge in [0.05, 0.1) is 12.2 Å². The molecule has 1 saturated carbocycles. The van der Waals surface area contributed by atoms with Crippen LogP contribution in [-0.4, -0.2) is 40.4 Å². The zero-order valence-electron chi connectivity index (χ0n) is 15.0. The van der Waals surface area contributed by atoms with Crippen LogP contribution in [0.4, 0.5) is 5.82 Å². The summed E-state index contributed by atoms with van der Waals surface area (Å²) in [7, 11) is 0. The smallest absolute Gasteiger partial charge is 0.225 e. The molecule has 0 atom stereocenters. The van der Waals surface area contributed by atoms with Crippen LogP contribution in [-0.2, 0) is 17.8 Å². The maximum Gasteiger partial charge on any atom is 0.225 e. The predicted molar refractivity (Wildman–Crippen MR) is 101 cm³/mol. The van der Waals surface area contributed by atoms with E-state index >= 15 is 0 Å². The fourth-order valence-electron chi connectivity index (χ4n) is 4.08. The molecule has 1 amide bonds. The molecule has 5 nitrogen and oxygen atoms in total. The number of fused-ring (bicyclic) bond motifs is 1. The molecular weight excluding hydrogens is 324 g/mol. The molecule has 2 aliphatic heterocycles. The van der Waals surface area contributed by atoms with Gasteiger partial charge in [-0.25, -0.2) is 9.97 Å². The average Bonchev–Trinajstić information content (AvgIpc) is 3.41. The summed E-state index contributed by atoms with van der Waals surface area (Å²) in [6.07, 6.45) is 5.38. The summed E-state index contributed by atoms with van der Waals surface area (Å²) in [4.78, 5) is 26.8. The van der Waals surface area contributed by atoms with E-state index in [-0.39, 0.29) is 5.92 Å². The Morgan fingerprint density at radius 3 is 2.50 bits per heavy atom. The van der Waals surface area contributed by atoms with E-state index in [1.807, 2.05) is 23.1 Å². The number of hydrogen-bond donors (Lipinski definition) is 0. The first-order chi connectivity index (χ1) is 12.8. The Bertz CT molecular complexity index is 825. The number of benzene rings is 1. The molecule has 0 radical (unpaired) electrons. The summed E-state index contributed by atoms with van der Waals surface area (Å²) in [5, 5.41) is 0. The third-order valence-electron chi connectivity index (χ3n) is 5.71. The number of amides is 1. The summed E-state index contributed by atoms with van der Waals surface area (Å²) < 4.78 is 0. The SMILES string of the molecule is O=C(C1CC1)N1CCc2nc(-c3ccccc3)nc(N3CCCC3)c2C1. The topological polar surface area (TPSA) is 49.3 Å². The van der Waals surface area contributed by atoms with Crippen LogP contribution < -0.4 is 4.90 Å². The van der Waals surface area contributed by atoms with Crippen LogP contribution >= 0.6 is 0 Å². The zero-order chi connectivity index (χ0) is 17.5. The van der Waals surface area contributed by atoms with Crippen molar-refractivity contribution >= 4 is 11.7 Å². The summed E-state index contributed by atoms with van der Waals surface area (Å²) >= 11 is 0. The third-order valence-corrected chi connectivity index (χ3v) is 5.71. The Hall–Kier alpha value is -2.43. The Morgan fingerprint density at radius 1 is 1.00 bits per heavy atom. The Labute approximate surface area is 154 Å². The van der Waals surface area contributed by atoms with E-state index in [9.17, 15) is 4.79 Å². The van der Waals surface area contributed by atoms with Crippen molar-refractivity contribution in [2.45, 2.75) is 38.6 Å². The normalized spacial score (nSPS) is 19.5. The standard InChI is InChI=1S/C21H24N4O/c26-21(16-8-9-16)25-13-10-18-17(14-25)20(24-11-4-5-12-24)23-19(22-18)15-6-2-1-3-7-15/h1-3,6-7,16H,4-5,8-14H2. The van der Waals surface area contributed by atoms with Crippen molar-refractivity contribution in [2.75, 3.05) is 24.5 Å². The minimum absolute atomic E-state index is 0.274. The van der Waals surface area contributed by atoms with Gasteiger partial charge in [-0.2, -0.15) is 0 Å². The highest BCUT2D eigenvalue weighted by atomic mass is 16.2. The van der Waals surface area contributed by atoms with Gasteiger partial charge in [-0.1, -0.05) is 30.3 Å². The second-order valence-corrected chi connectivity index (χ2v) is 7.64. The molecule has 3 heterocycles. The van der Waals surface area contributed by atoms with Gasteiger partial charge < -0.3 is 9.80 Å². The lowest BCUT2D eigenvalue weighted by molar-refractivity contribution is -0.133. The first kappa shape index (κ1) is 15.8. The molecular formula is C21H24N4O.